The van der Waals surface area contributed by atoms with Crippen LogP contribution in [0.15, 0.2) is 18.2 Å². The van der Waals surface area contributed by atoms with Crippen LogP contribution in [0.3, 0.4) is 0 Å². The van der Waals surface area contributed by atoms with Crippen LogP contribution in [0.25, 0.3) is 0 Å². The Morgan fingerprint density at radius 2 is 2.06 bits per heavy atom. The Bertz CT molecular complexity index is 373. The zero-order valence-corrected chi connectivity index (χ0v) is 9.69. The number of benzene rings is 1. The highest BCUT2D eigenvalue weighted by molar-refractivity contribution is 5.70. The third kappa shape index (κ3) is 2.89. The molecule has 0 bridgehead atoms. The van der Waals surface area contributed by atoms with Gasteiger partial charge in [-0.05, 0) is 30.2 Å². The second kappa shape index (κ2) is 5.39. The number of methoxy groups -OCH3 is 2. The molecule has 1 N–H and O–H groups in total. The summed E-state index contributed by atoms with van der Waals surface area (Å²) in [5.74, 6) is 0.133. The van der Waals surface area contributed by atoms with Crippen LogP contribution in [0.4, 0.5) is 0 Å². The van der Waals surface area contributed by atoms with Crippen molar-refractivity contribution in [3.8, 4) is 11.5 Å². The molecule has 0 aliphatic heterocycles. The van der Waals surface area contributed by atoms with E-state index < -0.39 is 11.9 Å². The Labute approximate surface area is 94.8 Å². The largest absolute Gasteiger partial charge is 0.497 e. The van der Waals surface area contributed by atoms with E-state index in [-0.39, 0.29) is 0 Å². The number of rotatable bonds is 5. The van der Waals surface area contributed by atoms with Gasteiger partial charge in [-0.25, -0.2) is 0 Å². The van der Waals surface area contributed by atoms with Crippen molar-refractivity contribution >= 4 is 5.97 Å². The van der Waals surface area contributed by atoms with Crippen LogP contribution >= 0.6 is 0 Å². The monoisotopic (exact) mass is 224 g/mol. The van der Waals surface area contributed by atoms with E-state index in [1.54, 1.807) is 39.3 Å². The predicted octanol–water partition coefficient (Wildman–Crippen LogP) is 1.97. The average molecular weight is 224 g/mol. The number of ether oxygens (including phenoxy) is 2. The lowest BCUT2D eigenvalue weighted by Gasteiger charge is -2.12. The summed E-state index contributed by atoms with van der Waals surface area (Å²) < 4.78 is 10.3. The normalized spacial score (nSPS) is 11.9. The molecule has 4 nitrogen and oxygen atoms in total. The number of hydrogen-bond acceptors (Lipinski definition) is 3. The molecule has 0 aliphatic rings. The van der Waals surface area contributed by atoms with Crippen molar-refractivity contribution in [3.05, 3.63) is 23.8 Å². The zero-order chi connectivity index (χ0) is 12.1. The third-order valence-corrected chi connectivity index (χ3v) is 2.44. The SMILES string of the molecule is COc1ccc(OC)c(C[C@@H](C)C(=O)O)c1. The fourth-order valence-electron chi connectivity index (χ4n) is 1.46. The fourth-order valence-corrected chi connectivity index (χ4v) is 1.46. The van der Waals surface area contributed by atoms with Gasteiger partial charge in [0.1, 0.15) is 11.5 Å². The molecule has 1 aromatic carbocycles. The number of carboxylic acid groups (broad SMARTS) is 1. The lowest BCUT2D eigenvalue weighted by molar-refractivity contribution is -0.141. The van der Waals surface area contributed by atoms with Crippen molar-refractivity contribution in [1.82, 2.24) is 0 Å². The molecular formula is C12H16O4. The maximum Gasteiger partial charge on any atom is 0.306 e. The van der Waals surface area contributed by atoms with Gasteiger partial charge >= 0.3 is 5.97 Å². The standard InChI is InChI=1S/C12H16O4/c1-8(12(13)14)6-9-7-10(15-2)4-5-11(9)16-3/h4-5,7-8H,6H2,1-3H3,(H,13,14)/t8-/m1/s1. The molecule has 88 valence electrons. The molecule has 1 aromatic rings. The second-order valence-corrected chi connectivity index (χ2v) is 3.62. The summed E-state index contributed by atoms with van der Waals surface area (Å²) in [4.78, 5) is 10.8. The van der Waals surface area contributed by atoms with Gasteiger partial charge in [-0.2, -0.15) is 0 Å². The van der Waals surface area contributed by atoms with Gasteiger partial charge in [0.05, 0.1) is 20.1 Å². The van der Waals surface area contributed by atoms with E-state index in [0.717, 1.165) is 5.56 Å². The first-order valence-electron chi connectivity index (χ1n) is 5.02. The quantitative estimate of drug-likeness (QED) is 0.830. The fraction of sp³-hybridized carbons (Fsp3) is 0.417. The number of carbonyl (C=O) groups is 1. The summed E-state index contributed by atoms with van der Waals surface area (Å²) in [5.41, 5.74) is 0.844. The van der Waals surface area contributed by atoms with Gasteiger partial charge in [-0.15, -0.1) is 0 Å². The summed E-state index contributed by atoms with van der Waals surface area (Å²) in [6.07, 6.45) is 0.426. The highest BCUT2D eigenvalue weighted by atomic mass is 16.5. The first-order valence-corrected chi connectivity index (χ1v) is 5.02. The average Bonchev–Trinajstić information content (AvgIpc) is 2.28. The van der Waals surface area contributed by atoms with Crippen LogP contribution in [-0.4, -0.2) is 25.3 Å². The highest BCUT2D eigenvalue weighted by Gasteiger charge is 2.15. The van der Waals surface area contributed by atoms with Crippen LogP contribution in [0.2, 0.25) is 0 Å². The topological polar surface area (TPSA) is 55.8 Å². The van der Waals surface area contributed by atoms with Crippen LogP contribution in [0.1, 0.15) is 12.5 Å². The molecule has 0 fully saturated rings. The molecule has 16 heavy (non-hydrogen) atoms. The number of aliphatic carboxylic acids is 1. The molecule has 0 radical (unpaired) electrons. The van der Waals surface area contributed by atoms with Crippen molar-refractivity contribution in [2.45, 2.75) is 13.3 Å². The van der Waals surface area contributed by atoms with Gasteiger partial charge in [0.2, 0.25) is 0 Å². The molecular weight excluding hydrogens is 208 g/mol. The second-order valence-electron chi connectivity index (χ2n) is 3.62. The van der Waals surface area contributed by atoms with Gasteiger partial charge < -0.3 is 14.6 Å². The molecule has 0 aliphatic carbocycles. The molecule has 4 heteroatoms. The minimum atomic E-state index is -0.815. The van der Waals surface area contributed by atoms with Gasteiger partial charge in [-0.1, -0.05) is 6.92 Å². The van der Waals surface area contributed by atoms with E-state index >= 15 is 0 Å². The zero-order valence-electron chi connectivity index (χ0n) is 9.69. The van der Waals surface area contributed by atoms with E-state index in [1.807, 2.05) is 0 Å². The Morgan fingerprint density at radius 3 is 2.56 bits per heavy atom. The molecule has 1 atom stereocenters. The molecule has 0 spiro atoms. The minimum absolute atomic E-state index is 0.426. The van der Waals surface area contributed by atoms with Crippen molar-refractivity contribution < 1.29 is 19.4 Å². The molecule has 1 rings (SSSR count). The highest BCUT2D eigenvalue weighted by Crippen LogP contribution is 2.26. The first-order chi connectivity index (χ1) is 7.58. The summed E-state index contributed by atoms with van der Waals surface area (Å²) in [6, 6.07) is 5.37. The molecule has 0 saturated carbocycles. The predicted molar refractivity (Wildman–Crippen MR) is 60.0 cm³/mol. The van der Waals surface area contributed by atoms with Crippen molar-refractivity contribution in [2.75, 3.05) is 14.2 Å². The van der Waals surface area contributed by atoms with Crippen LogP contribution in [0, 0.1) is 5.92 Å². The molecule has 0 heterocycles. The van der Waals surface area contributed by atoms with Crippen LogP contribution in [-0.2, 0) is 11.2 Å². The summed E-state index contributed by atoms with van der Waals surface area (Å²) in [5, 5.41) is 8.86. The first kappa shape index (κ1) is 12.4. The molecule has 0 amide bonds. The van der Waals surface area contributed by atoms with Crippen molar-refractivity contribution in [1.29, 1.82) is 0 Å². The van der Waals surface area contributed by atoms with E-state index in [4.69, 9.17) is 14.6 Å². The lowest BCUT2D eigenvalue weighted by Crippen LogP contribution is -2.12. The molecule has 0 aromatic heterocycles. The van der Waals surface area contributed by atoms with Crippen LogP contribution < -0.4 is 9.47 Å². The van der Waals surface area contributed by atoms with Gasteiger partial charge in [0.25, 0.3) is 0 Å². The van der Waals surface area contributed by atoms with Crippen molar-refractivity contribution in [2.24, 2.45) is 5.92 Å². The third-order valence-electron chi connectivity index (χ3n) is 2.44. The minimum Gasteiger partial charge on any atom is -0.497 e. The summed E-state index contributed by atoms with van der Waals surface area (Å²) in [6.45, 7) is 1.67. The van der Waals surface area contributed by atoms with E-state index in [9.17, 15) is 4.79 Å². The smallest absolute Gasteiger partial charge is 0.306 e. The Balaban J connectivity index is 2.95. The number of carboxylic acids is 1. The lowest BCUT2D eigenvalue weighted by atomic mass is 10.0. The van der Waals surface area contributed by atoms with E-state index in [1.165, 1.54) is 0 Å². The summed E-state index contributed by atoms with van der Waals surface area (Å²) >= 11 is 0. The van der Waals surface area contributed by atoms with Gasteiger partial charge in [0.15, 0.2) is 0 Å². The Morgan fingerprint density at radius 1 is 1.38 bits per heavy atom. The molecule has 0 saturated heterocycles. The van der Waals surface area contributed by atoms with E-state index in [2.05, 4.69) is 0 Å². The number of hydrogen-bond donors (Lipinski definition) is 1. The van der Waals surface area contributed by atoms with Gasteiger partial charge in [0, 0.05) is 0 Å². The van der Waals surface area contributed by atoms with Crippen molar-refractivity contribution in [3.63, 3.8) is 0 Å². The Hall–Kier alpha value is -1.71. The van der Waals surface area contributed by atoms with Crippen LogP contribution in [0.5, 0.6) is 11.5 Å². The van der Waals surface area contributed by atoms with Gasteiger partial charge in [-0.3, -0.25) is 4.79 Å². The maximum absolute atomic E-state index is 10.8. The molecule has 0 unspecified atom stereocenters. The van der Waals surface area contributed by atoms with E-state index in [0.29, 0.717) is 17.9 Å². The summed E-state index contributed by atoms with van der Waals surface area (Å²) in [7, 11) is 3.14. The Kier molecular flexibility index (Phi) is 4.17. The maximum atomic E-state index is 10.8.